The molecule has 22 heavy (non-hydrogen) atoms. The standard InChI is InChI=1S/C17H22N4O/c22-17(20-12-2-1-3-13-20)18-11-9-15-5-7-16(8-6-15)21-14-4-10-19-21/h4-8,10,14H,1-3,9,11-13H2,(H,18,22). The molecule has 0 radical (unpaired) electrons. The smallest absolute Gasteiger partial charge is 0.317 e. The minimum Gasteiger partial charge on any atom is -0.338 e. The quantitative estimate of drug-likeness (QED) is 0.943. The van der Waals surface area contributed by atoms with Gasteiger partial charge < -0.3 is 10.2 Å². The van der Waals surface area contributed by atoms with Crippen LogP contribution in [0.1, 0.15) is 24.8 Å². The summed E-state index contributed by atoms with van der Waals surface area (Å²) in [5, 5.41) is 7.22. The summed E-state index contributed by atoms with van der Waals surface area (Å²) < 4.78 is 1.84. The highest BCUT2D eigenvalue weighted by Gasteiger charge is 2.15. The molecular formula is C17H22N4O. The largest absolute Gasteiger partial charge is 0.338 e. The van der Waals surface area contributed by atoms with E-state index in [1.165, 1.54) is 12.0 Å². The van der Waals surface area contributed by atoms with Crippen molar-refractivity contribution in [2.45, 2.75) is 25.7 Å². The molecule has 1 N–H and O–H groups in total. The van der Waals surface area contributed by atoms with Crippen LogP contribution in [-0.2, 0) is 6.42 Å². The molecule has 0 bridgehead atoms. The van der Waals surface area contributed by atoms with Gasteiger partial charge in [-0.25, -0.2) is 9.48 Å². The summed E-state index contributed by atoms with van der Waals surface area (Å²) in [6.45, 7) is 2.46. The molecule has 5 heteroatoms. The van der Waals surface area contributed by atoms with Gasteiger partial charge in [-0.05, 0) is 49.4 Å². The molecular weight excluding hydrogens is 276 g/mol. The maximum absolute atomic E-state index is 12.0. The Morgan fingerprint density at radius 1 is 1.14 bits per heavy atom. The number of nitrogens with one attached hydrogen (secondary N) is 1. The number of carbonyl (C=O) groups excluding carboxylic acids is 1. The molecule has 2 heterocycles. The summed E-state index contributed by atoms with van der Waals surface area (Å²) in [5.74, 6) is 0. The lowest BCUT2D eigenvalue weighted by molar-refractivity contribution is 0.186. The molecule has 0 unspecified atom stereocenters. The molecule has 1 aliphatic rings. The lowest BCUT2D eigenvalue weighted by Gasteiger charge is -2.26. The summed E-state index contributed by atoms with van der Waals surface area (Å²) >= 11 is 0. The predicted octanol–water partition coefficient (Wildman–Crippen LogP) is 2.61. The van der Waals surface area contributed by atoms with Crippen LogP contribution in [0.25, 0.3) is 5.69 Å². The van der Waals surface area contributed by atoms with Crippen molar-refractivity contribution in [3.63, 3.8) is 0 Å². The average Bonchev–Trinajstić information content (AvgIpc) is 3.11. The summed E-state index contributed by atoms with van der Waals surface area (Å²) in [4.78, 5) is 13.9. The summed E-state index contributed by atoms with van der Waals surface area (Å²) in [5.41, 5.74) is 2.26. The van der Waals surface area contributed by atoms with E-state index in [1.54, 1.807) is 6.20 Å². The Labute approximate surface area is 130 Å². The zero-order valence-corrected chi connectivity index (χ0v) is 12.7. The monoisotopic (exact) mass is 298 g/mol. The van der Waals surface area contributed by atoms with Crippen LogP contribution in [0.4, 0.5) is 4.79 Å². The van der Waals surface area contributed by atoms with Crippen LogP contribution in [0.15, 0.2) is 42.7 Å². The number of rotatable bonds is 4. The second-order valence-corrected chi connectivity index (χ2v) is 5.65. The minimum absolute atomic E-state index is 0.0767. The third-order valence-corrected chi connectivity index (χ3v) is 4.04. The third kappa shape index (κ3) is 3.67. The molecule has 1 aliphatic heterocycles. The molecule has 0 spiro atoms. The fraction of sp³-hybridized carbons (Fsp3) is 0.412. The number of urea groups is 1. The lowest BCUT2D eigenvalue weighted by Crippen LogP contribution is -2.43. The van der Waals surface area contributed by atoms with E-state index in [0.717, 1.165) is 38.0 Å². The van der Waals surface area contributed by atoms with Crippen LogP contribution in [-0.4, -0.2) is 40.3 Å². The van der Waals surface area contributed by atoms with Crippen LogP contribution in [0.5, 0.6) is 0 Å². The first-order valence-electron chi connectivity index (χ1n) is 7.95. The Morgan fingerprint density at radius 3 is 2.59 bits per heavy atom. The van der Waals surface area contributed by atoms with E-state index in [4.69, 9.17) is 0 Å². The van der Waals surface area contributed by atoms with E-state index in [9.17, 15) is 4.79 Å². The third-order valence-electron chi connectivity index (χ3n) is 4.04. The van der Waals surface area contributed by atoms with Crippen LogP contribution in [0.3, 0.4) is 0 Å². The van der Waals surface area contributed by atoms with Crippen molar-refractivity contribution < 1.29 is 4.79 Å². The minimum atomic E-state index is 0.0767. The Balaban J connectivity index is 1.46. The Hall–Kier alpha value is -2.30. The summed E-state index contributed by atoms with van der Waals surface area (Å²) in [7, 11) is 0. The van der Waals surface area contributed by atoms with Gasteiger partial charge in [0.25, 0.3) is 0 Å². The highest BCUT2D eigenvalue weighted by Crippen LogP contribution is 2.10. The van der Waals surface area contributed by atoms with E-state index in [0.29, 0.717) is 6.54 Å². The zero-order chi connectivity index (χ0) is 15.2. The molecule has 2 aromatic rings. The highest BCUT2D eigenvalue weighted by atomic mass is 16.2. The van der Waals surface area contributed by atoms with Crippen LogP contribution >= 0.6 is 0 Å². The number of benzene rings is 1. The van der Waals surface area contributed by atoms with E-state index >= 15 is 0 Å². The van der Waals surface area contributed by atoms with Gasteiger partial charge in [-0.2, -0.15) is 5.10 Å². The number of hydrogen-bond acceptors (Lipinski definition) is 2. The molecule has 2 amide bonds. The molecule has 3 rings (SSSR count). The topological polar surface area (TPSA) is 50.2 Å². The SMILES string of the molecule is O=C(NCCc1ccc(-n2cccn2)cc1)N1CCCCC1. The van der Waals surface area contributed by atoms with Crippen molar-refractivity contribution in [2.75, 3.05) is 19.6 Å². The normalized spacial score (nSPS) is 14.8. The number of hydrogen-bond donors (Lipinski definition) is 1. The van der Waals surface area contributed by atoms with Crippen molar-refractivity contribution in [2.24, 2.45) is 0 Å². The van der Waals surface area contributed by atoms with E-state index in [-0.39, 0.29) is 6.03 Å². The van der Waals surface area contributed by atoms with Crippen molar-refractivity contribution in [3.8, 4) is 5.69 Å². The zero-order valence-electron chi connectivity index (χ0n) is 12.7. The van der Waals surface area contributed by atoms with Gasteiger partial charge in [0, 0.05) is 32.0 Å². The average molecular weight is 298 g/mol. The molecule has 1 aromatic heterocycles. The molecule has 1 saturated heterocycles. The van der Waals surface area contributed by atoms with Crippen molar-refractivity contribution >= 4 is 6.03 Å². The number of aromatic nitrogens is 2. The first kappa shape index (κ1) is 14.6. The lowest BCUT2D eigenvalue weighted by atomic mass is 10.1. The number of nitrogens with zero attached hydrogens (tertiary/aromatic N) is 3. The number of likely N-dealkylation sites (tertiary alicyclic amines) is 1. The van der Waals surface area contributed by atoms with E-state index < -0.39 is 0 Å². The Bertz CT molecular complexity index is 586. The number of amides is 2. The Morgan fingerprint density at radius 2 is 1.91 bits per heavy atom. The van der Waals surface area contributed by atoms with Gasteiger partial charge in [-0.15, -0.1) is 0 Å². The molecule has 0 atom stereocenters. The van der Waals surface area contributed by atoms with Crippen LogP contribution in [0, 0.1) is 0 Å². The first-order chi connectivity index (χ1) is 10.8. The summed E-state index contributed by atoms with van der Waals surface area (Å²) in [6.07, 6.45) is 8.04. The number of piperidine rings is 1. The van der Waals surface area contributed by atoms with Crippen LogP contribution in [0.2, 0.25) is 0 Å². The molecule has 0 saturated carbocycles. The molecule has 116 valence electrons. The van der Waals surface area contributed by atoms with Crippen molar-refractivity contribution in [3.05, 3.63) is 48.3 Å². The highest BCUT2D eigenvalue weighted by molar-refractivity contribution is 5.74. The maximum Gasteiger partial charge on any atom is 0.317 e. The van der Waals surface area contributed by atoms with Gasteiger partial charge in [-0.1, -0.05) is 12.1 Å². The van der Waals surface area contributed by atoms with Crippen LogP contribution < -0.4 is 5.32 Å². The van der Waals surface area contributed by atoms with E-state index in [1.807, 2.05) is 21.8 Å². The maximum atomic E-state index is 12.0. The van der Waals surface area contributed by atoms with Crippen molar-refractivity contribution in [1.29, 1.82) is 0 Å². The molecule has 0 aliphatic carbocycles. The van der Waals surface area contributed by atoms with Gasteiger partial charge in [-0.3, -0.25) is 0 Å². The Kier molecular flexibility index (Phi) is 4.73. The predicted molar refractivity (Wildman–Crippen MR) is 86.1 cm³/mol. The fourth-order valence-electron chi connectivity index (χ4n) is 2.76. The van der Waals surface area contributed by atoms with Gasteiger partial charge in [0.15, 0.2) is 0 Å². The van der Waals surface area contributed by atoms with Gasteiger partial charge in [0.2, 0.25) is 0 Å². The number of carbonyl (C=O) groups is 1. The van der Waals surface area contributed by atoms with Crippen molar-refractivity contribution in [1.82, 2.24) is 20.0 Å². The second-order valence-electron chi connectivity index (χ2n) is 5.65. The summed E-state index contributed by atoms with van der Waals surface area (Å²) in [6, 6.07) is 10.3. The van der Waals surface area contributed by atoms with E-state index in [2.05, 4.69) is 34.7 Å². The fourth-order valence-corrected chi connectivity index (χ4v) is 2.76. The molecule has 5 nitrogen and oxygen atoms in total. The second kappa shape index (κ2) is 7.11. The van der Waals surface area contributed by atoms with Gasteiger partial charge in [0.05, 0.1) is 5.69 Å². The first-order valence-corrected chi connectivity index (χ1v) is 7.95. The molecule has 1 aromatic carbocycles. The van der Waals surface area contributed by atoms with Gasteiger partial charge >= 0.3 is 6.03 Å². The van der Waals surface area contributed by atoms with Gasteiger partial charge in [0.1, 0.15) is 0 Å². The molecule has 1 fully saturated rings.